The van der Waals surface area contributed by atoms with Crippen molar-refractivity contribution in [3.05, 3.63) is 23.9 Å². The molecule has 0 unspecified atom stereocenters. The van der Waals surface area contributed by atoms with Crippen LogP contribution in [0.15, 0.2) is 23.3 Å². The number of carbonyl (C=O) groups excluding carboxylic acids is 1. The molecule has 3 N–H and O–H groups in total. The van der Waals surface area contributed by atoms with E-state index >= 15 is 0 Å². The average Bonchev–Trinajstić information content (AvgIpc) is 2.98. The fourth-order valence-electron chi connectivity index (χ4n) is 3.17. The second-order valence-corrected chi connectivity index (χ2v) is 8.48. The summed E-state index contributed by atoms with van der Waals surface area (Å²) in [5.41, 5.74) is 0.572. The first-order valence-corrected chi connectivity index (χ1v) is 11.1. The van der Waals surface area contributed by atoms with Crippen LogP contribution in [0.5, 0.6) is 0 Å². The first kappa shape index (κ1) is 27.3. The van der Waals surface area contributed by atoms with Crippen LogP contribution >= 0.6 is 24.0 Å². The highest BCUT2D eigenvalue weighted by Gasteiger charge is 2.15. The molecule has 1 saturated heterocycles. The lowest BCUT2D eigenvalue weighted by atomic mass is 10.2. The normalized spacial score (nSPS) is 14.8. The maximum absolute atomic E-state index is 11.7. The van der Waals surface area contributed by atoms with Crippen molar-refractivity contribution in [3.8, 4) is 0 Å². The molecule has 31 heavy (non-hydrogen) atoms. The summed E-state index contributed by atoms with van der Waals surface area (Å²) in [5.74, 6) is 1.77. The van der Waals surface area contributed by atoms with Crippen LogP contribution in [-0.2, 0) is 11.3 Å². The molecule has 1 aliphatic rings. The second-order valence-electron chi connectivity index (χ2n) is 8.48. The molecule has 8 nitrogen and oxygen atoms in total. The maximum atomic E-state index is 11.7. The second kappa shape index (κ2) is 14.3. The Morgan fingerprint density at radius 1 is 1.10 bits per heavy atom. The molecule has 9 heteroatoms. The van der Waals surface area contributed by atoms with Crippen LogP contribution in [0, 0.1) is 0 Å². The van der Waals surface area contributed by atoms with Gasteiger partial charge in [0, 0.05) is 38.9 Å². The first-order valence-electron chi connectivity index (χ1n) is 11.1. The number of halogens is 1. The van der Waals surface area contributed by atoms with E-state index in [9.17, 15) is 4.79 Å². The zero-order chi connectivity index (χ0) is 21.8. The van der Waals surface area contributed by atoms with E-state index in [-0.39, 0.29) is 24.0 Å². The van der Waals surface area contributed by atoms with Gasteiger partial charge in [0.2, 0.25) is 0 Å². The summed E-state index contributed by atoms with van der Waals surface area (Å²) in [5, 5.41) is 9.17. The van der Waals surface area contributed by atoms with E-state index in [0.717, 1.165) is 31.0 Å². The zero-order valence-corrected chi connectivity index (χ0v) is 21.7. The summed E-state index contributed by atoms with van der Waals surface area (Å²) >= 11 is 0. The predicted octanol–water partition coefficient (Wildman–Crippen LogP) is 3.66. The summed E-state index contributed by atoms with van der Waals surface area (Å²) < 4.78 is 5.22. The van der Waals surface area contributed by atoms with E-state index < -0.39 is 11.7 Å². The van der Waals surface area contributed by atoms with Crippen LogP contribution in [0.2, 0.25) is 0 Å². The van der Waals surface area contributed by atoms with Crippen LogP contribution in [0.3, 0.4) is 0 Å². The van der Waals surface area contributed by atoms with Crippen molar-refractivity contribution in [2.75, 3.05) is 37.6 Å². The van der Waals surface area contributed by atoms with Gasteiger partial charge in [-0.2, -0.15) is 0 Å². The van der Waals surface area contributed by atoms with Gasteiger partial charge in [-0.3, -0.25) is 0 Å². The van der Waals surface area contributed by atoms with Gasteiger partial charge in [-0.1, -0.05) is 18.9 Å². The molecule has 2 rings (SSSR count). The molecule has 2 heterocycles. The van der Waals surface area contributed by atoms with Crippen LogP contribution in [-0.4, -0.2) is 55.4 Å². The van der Waals surface area contributed by atoms with Crippen molar-refractivity contribution >= 4 is 41.8 Å². The fraction of sp³-hybridized carbons (Fsp3) is 0.682. The quantitative estimate of drug-likeness (QED) is 0.209. The van der Waals surface area contributed by atoms with Gasteiger partial charge >= 0.3 is 6.09 Å². The predicted molar refractivity (Wildman–Crippen MR) is 137 cm³/mol. The highest BCUT2D eigenvalue weighted by molar-refractivity contribution is 14.0. The standard InChI is InChI=1S/C22H38N6O2.HI/c1-5-23-20(24-12-13-25-21(29)30-22(2,3)4)27-17-18-10-11-19(26-16-18)28-14-8-6-7-9-15-28;/h10-11,16H,5-9,12-15,17H2,1-4H3,(H,25,29)(H2,23,24,27);1H. The third-order valence-corrected chi connectivity index (χ3v) is 4.59. The van der Waals surface area contributed by atoms with E-state index in [1.807, 2.05) is 33.9 Å². The number of anilines is 1. The van der Waals surface area contributed by atoms with E-state index in [4.69, 9.17) is 4.74 Å². The van der Waals surface area contributed by atoms with E-state index in [1.54, 1.807) is 0 Å². The number of alkyl carbamates (subject to hydrolysis) is 1. The Hall–Kier alpha value is -1.78. The van der Waals surface area contributed by atoms with Gasteiger partial charge in [0.05, 0.1) is 6.54 Å². The van der Waals surface area contributed by atoms with Gasteiger partial charge < -0.3 is 25.6 Å². The van der Waals surface area contributed by atoms with Gasteiger partial charge in [-0.25, -0.2) is 14.8 Å². The Bertz CT molecular complexity index is 668. The minimum absolute atomic E-state index is 0. The largest absolute Gasteiger partial charge is 0.444 e. The molecule has 1 amide bonds. The van der Waals surface area contributed by atoms with Gasteiger partial charge in [-0.05, 0) is 52.2 Å². The van der Waals surface area contributed by atoms with Crippen LogP contribution in [0.1, 0.15) is 58.9 Å². The molecule has 0 atom stereocenters. The van der Waals surface area contributed by atoms with E-state index in [2.05, 4.69) is 43.0 Å². The molecule has 0 saturated carbocycles. The Morgan fingerprint density at radius 2 is 1.77 bits per heavy atom. The molecule has 1 aromatic heterocycles. The topological polar surface area (TPSA) is 90.9 Å². The molecule has 0 aliphatic carbocycles. The molecule has 1 aliphatic heterocycles. The summed E-state index contributed by atoms with van der Waals surface area (Å²) in [4.78, 5) is 23.3. The lowest BCUT2D eigenvalue weighted by molar-refractivity contribution is 0.0529. The summed E-state index contributed by atoms with van der Waals surface area (Å²) in [7, 11) is 0. The Balaban J connectivity index is 0.00000480. The number of amides is 1. The molecule has 0 radical (unpaired) electrons. The van der Waals surface area contributed by atoms with Crippen molar-refractivity contribution < 1.29 is 9.53 Å². The maximum Gasteiger partial charge on any atom is 0.407 e. The number of carbonyl (C=O) groups is 1. The number of aliphatic imine (C=N–C) groups is 1. The SMILES string of the molecule is CCNC(=NCc1ccc(N2CCCCCC2)nc1)NCCNC(=O)OC(C)(C)C.I. The fourth-order valence-corrected chi connectivity index (χ4v) is 3.17. The number of nitrogens with one attached hydrogen (secondary N) is 3. The Labute approximate surface area is 204 Å². The smallest absolute Gasteiger partial charge is 0.407 e. The van der Waals surface area contributed by atoms with E-state index in [0.29, 0.717) is 25.6 Å². The molecule has 0 aromatic carbocycles. The van der Waals surface area contributed by atoms with Crippen molar-refractivity contribution in [3.63, 3.8) is 0 Å². The van der Waals surface area contributed by atoms with Crippen LogP contribution in [0.4, 0.5) is 10.6 Å². The van der Waals surface area contributed by atoms with Gasteiger partial charge in [0.25, 0.3) is 0 Å². The lowest BCUT2D eigenvalue weighted by Gasteiger charge is -2.21. The third-order valence-electron chi connectivity index (χ3n) is 4.59. The number of pyridine rings is 1. The minimum atomic E-state index is -0.495. The summed E-state index contributed by atoms with van der Waals surface area (Å²) in [6, 6.07) is 4.20. The van der Waals surface area contributed by atoms with E-state index in [1.165, 1.54) is 25.7 Å². The highest BCUT2D eigenvalue weighted by Crippen LogP contribution is 2.17. The number of nitrogens with zero attached hydrogens (tertiary/aromatic N) is 3. The number of aromatic nitrogens is 1. The third kappa shape index (κ3) is 11.4. The van der Waals surface area contributed by atoms with Crippen molar-refractivity contribution in [2.24, 2.45) is 4.99 Å². The molecule has 0 spiro atoms. The first-order chi connectivity index (χ1) is 14.4. The number of ether oxygens (including phenoxy) is 1. The number of hydrogen-bond acceptors (Lipinski definition) is 5. The van der Waals surface area contributed by atoms with Crippen molar-refractivity contribution in [1.82, 2.24) is 20.9 Å². The van der Waals surface area contributed by atoms with Crippen molar-refractivity contribution in [2.45, 2.75) is 65.5 Å². The average molecular weight is 546 g/mol. The summed E-state index contributed by atoms with van der Waals surface area (Å²) in [6.07, 6.45) is 6.62. The summed E-state index contributed by atoms with van der Waals surface area (Å²) in [6.45, 7) is 12.0. The van der Waals surface area contributed by atoms with Crippen LogP contribution < -0.4 is 20.9 Å². The van der Waals surface area contributed by atoms with Gasteiger partial charge in [0.15, 0.2) is 5.96 Å². The molecule has 1 aromatic rings. The van der Waals surface area contributed by atoms with Crippen molar-refractivity contribution in [1.29, 1.82) is 0 Å². The highest BCUT2D eigenvalue weighted by atomic mass is 127. The molecule has 176 valence electrons. The number of guanidine groups is 1. The molecule has 1 fully saturated rings. The Kier molecular flexibility index (Phi) is 12.6. The molecule has 0 bridgehead atoms. The monoisotopic (exact) mass is 546 g/mol. The van der Waals surface area contributed by atoms with Gasteiger partial charge in [-0.15, -0.1) is 24.0 Å². The Morgan fingerprint density at radius 3 is 2.35 bits per heavy atom. The number of hydrogen-bond donors (Lipinski definition) is 3. The lowest BCUT2D eigenvalue weighted by Crippen LogP contribution is -2.42. The van der Waals surface area contributed by atoms with Gasteiger partial charge in [0.1, 0.15) is 11.4 Å². The zero-order valence-electron chi connectivity index (χ0n) is 19.4. The minimum Gasteiger partial charge on any atom is -0.444 e. The number of rotatable bonds is 7. The van der Waals surface area contributed by atoms with Crippen LogP contribution in [0.25, 0.3) is 0 Å². The molecular weight excluding hydrogens is 507 g/mol. The molecular formula is C22H39IN6O2.